The molecule has 0 aromatic carbocycles. The second-order valence-electron chi connectivity index (χ2n) is 16.1. The predicted molar refractivity (Wildman–Crippen MR) is 161 cm³/mol. The van der Waals surface area contributed by atoms with Crippen LogP contribution in [0.25, 0.3) is 0 Å². The summed E-state index contributed by atoms with van der Waals surface area (Å²) in [6.45, 7) is 15.3. The molecule has 9 atom stereocenters. The van der Waals surface area contributed by atoms with Crippen LogP contribution in [-0.2, 0) is 23.8 Å². The number of fused-ring (bicyclic) bond motifs is 7. The predicted octanol–water partition coefficient (Wildman–Crippen LogP) is 6.02. The second-order valence-corrected chi connectivity index (χ2v) is 16.1. The Morgan fingerprint density at radius 2 is 1.63 bits per heavy atom. The number of aliphatic hydroxyl groups is 2. The van der Waals surface area contributed by atoms with Crippen molar-refractivity contribution in [2.75, 3.05) is 20.3 Å². The molecule has 242 valence electrons. The quantitative estimate of drug-likeness (QED) is 0.355. The maximum Gasteiger partial charge on any atom is 0.508 e. The third kappa shape index (κ3) is 4.54. The summed E-state index contributed by atoms with van der Waals surface area (Å²) in [5.74, 6) is 0.974. The van der Waals surface area contributed by atoms with Crippen molar-refractivity contribution < 1.29 is 38.8 Å². The molecule has 0 aliphatic heterocycles. The first-order chi connectivity index (χ1) is 20.0. The lowest BCUT2D eigenvalue weighted by Crippen LogP contribution is -2.66. The number of ketones is 1. The van der Waals surface area contributed by atoms with Gasteiger partial charge in [0, 0.05) is 11.8 Å². The molecule has 8 nitrogen and oxygen atoms in total. The molecule has 4 saturated carbocycles. The Balaban J connectivity index is 1.45. The van der Waals surface area contributed by atoms with E-state index in [9.17, 15) is 19.5 Å². The molecule has 0 amide bonds. The highest BCUT2D eigenvalue weighted by atomic mass is 16.7. The fraction of sp³-hybridized carbons (Fsp3) is 0.857. The van der Waals surface area contributed by atoms with Crippen molar-refractivity contribution in [1.82, 2.24) is 0 Å². The highest BCUT2D eigenvalue weighted by Crippen LogP contribution is 2.76. The summed E-state index contributed by atoms with van der Waals surface area (Å²) < 4.78 is 16.4. The number of allylic oxidation sites excluding steroid dienone is 1. The molecule has 0 aromatic heterocycles. The van der Waals surface area contributed by atoms with Crippen LogP contribution in [0.2, 0.25) is 0 Å². The van der Waals surface area contributed by atoms with Crippen LogP contribution >= 0.6 is 0 Å². The van der Waals surface area contributed by atoms with E-state index >= 15 is 0 Å². The molecule has 5 aliphatic rings. The van der Waals surface area contributed by atoms with Crippen LogP contribution in [-0.4, -0.2) is 60.7 Å². The average Bonchev–Trinajstić information content (AvgIpc) is 3.26. The number of carbonyl (C=O) groups is 3. The number of rotatable bonds is 6. The van der Waals surface area contributed by atoms with Gasteiger partial charge in [0.15, 0.2) is 5.78 Å². The maximum absolute atomic E-state index is 13.5. The van der Waals surface area contributed by atoms with E-state index < -0.39 is 24.3 Å². The number of hydrogen-bond acceptors (Lipinski definition) is 8. The highest BCUT2D eigenvalue weighted by molar-refractivity contribution is 6.05. The Morgan fingerprint density at radius 3 is 2.26 bits per heavy atom. The summed E-state index contributed by atoms with van der Waals surface area (Å²) in [6, 6.07) is 0. The number of aliphatic hydroxyl groups excluding tert-OH is 2. The van der Waals surface area contributed by atoms with Gasteiger partial charge in [-0.15, -0.1) is 0 Å². The number of esters is 1. The van der Waals surface area contributed by atoms with Crippen molar-refractivity contribution >= 4 is 17.9 Å². The van der Waals surface area contributed by atoms with Gasteiger partial charge >= 0.3 is 12.1 Å². The Bertz CT molecular complexity index is 1190. The number of carbonyl (C=O) groups excluding carboxylic acids is 3. The van der Waals surface area contributed by atoms with E-state index in [1.165, 1.54) is 7.11 Å². The van der Waals surface area contributed by atoms with E-state index in [4.69, 9.17) is 19.3 Å². The van der Waals surface area contributed by atoms with Crippen LogP contribution in [0.3, 0.4) is 0 Å². The van der Waals surface area contributed by atoms with Crippen molar-refractivity contribution in [2.45, 2.75) is 118 Å². The van der Waals surface area contributed by atoms with Crippen molar-refractivity contribution in [1.29, 1.82) is 0 Å². The van der Waals surface area contributed by atoms with Gasteiger partial charge < -0.3 is 24.4 Å². The lowest BCUT2D eigenvalue weighted by Gasteiger charge is -2.72. The van der Waals surface area contributed by atoms with Crippen LogP contribution in [0.5, 0.6) is 0 Å². The molecule has 0 radical (unpaired) electrons. The summed E-state index contributed by atoms with van der Waals surface area (Å²) in [5, 5.41) is 18.6. The van der Waals surface area contributed by atoms with Gasteiger partial charge in [0.05, 0.1) is 19.1 Å². The first-order valence-corrected chi connectivity index (χ1v) is 16.5. The second kappa shape index (κ2) is 10.9. The van der Waals surface area contributed by atoms with Crippen molar-refractivity contribution in [3.8, 4) is 0 Å². The Hall–Kier alpha value is -1.93. The molecule has 0 bridgehead atoms. The molecule has 2 N–H and O–H groups in total. The fourth-order valence-corrected chi connectivity index (χ4v) is 11.6. The average molecular weight is 603 g/mol. The normalized spacial score (nSPS) is 42.3. The molecule has 4 fully saturated rings. The SMILES string of the molecule is COC(=O)[C@@]12CC[C@]3(C)[C@H](CCC4[C@@]5(C)CCC(OC(=O)OCC(O)CO)C(C)(C)[C@@H]5CC[C@]43C)C1=C(C(C)C)C(=O)C2. The third-order valence-corrected chi connectivity index (χ3v) is 13.8. The summed E-state index contributed by atoms with van der Waals surface area (Å²) in [5.41, 5.74) is 0.975. The van der Waals surface area contributed by atoms with Gasteiger partial charge in [0.1, 0.15) is 18.8 Å². The monoisotopic (exact) mass is 602 g/mol. The first-order valence-electron chi connectivity index (χ1n) is 16.5. The van der Waals surface area contributed by atoms with E-state index in [-0.39, 0.29) is 64.4 Å². The van der Waals surface area contributed by atoms with Crippen LogP contribution in [0.4, 0.5) is 4.79 Å². The summed E-state index contributed by atoms with van der Waals surface area (Å²) in [4.78, 5) is 39.5. The molecule has 0 saturated heterocycles. The smallest absolute Gasteiger partial charge is 0.468 e. The minimum absolute atomic E-state index is 0.0350. The van der Waals surface area contributed by atoms with Crippen molar-refractivity contribution in [3.63, 3.8) is 0 Å². The van der Waals surface area contributed by atoms with Crippen LogP contribution in [0.15, 0.2) is 11.1 Å². The summed E-state index contributed by atoms with van der Waals surface area (Å²) in [6.07, 6.45) is 5.41. The number of ether oxygens (including phenoxy) is 3. The zero-order chi connectivity index (χ0) is 31.8. The van der Waals surface area contributed by atoms with E-state index in [0.29, 0.717) is 18.3 Å². The molecule has 0 spiro atoms. The minimum atomic E-state index is -1.12. The molecule has 43 heavy (non-hydrogen) atoms. The molecule has 3 unspecified atom stereocenters. The van der Waals surface area contributed by atoms with Crippen LogP contribution in [0, 0.1) is 50.7 Å². The number of methoxy groups -OCH3 is 1. The molecule has 0 aromatic rings. The van der Waals surface area contributed by atoms with E-state index in [1.54, 1.807) is 0 Å². The van der Waals surface area contributed by atoms with Gasteiger partial charge in [-0.3, -0.25) is 9.59 Å². The molecule has 5 rings (SSSR count). The molecular formula is C35H54O8. The fourth-order valence-electron chi connectivity index (χ4n) is 11.6. The third-order valence-electron chi connectivity index (χ3n) is 13.8. The standard InChI is InChI=1S/C35H54O8/c1-20(2)27-23(38)17-35(29(39)41-8)16-15-33(6)22(28(27)35)9-10-25-32(5)13-12-26(43-30(40)42-19-21(37)18-36)31(3,4)24(32)11-14-34(25,33)7/h20-22,24-26,36-37H,9-19H2,1-8H3/t21?,22-,24+,25?,26?,32+,33-,34-,35-/m1/s1. The molecule has 5 aliphatic carbocycles. The van der Waals surface area contributed by atoms with Gasteiger partial charge in [-0.25, -0.2) is 4.79 Å². The molecular weight excluding hydrogens is 548 g/mol. The van der Waals surface area contributed by atoms with Gasteiger partial charge in [-0.1, -0.05) is 48.5 Å². The summed E-state index contributed by atoms with van der Waals surface area (Å²) in [7, 11) is 1.46. The topological polar surface area (TPSA) is 119 Å². The Labute approximate surface area is 257 Å². The maximum atomic E-state index is 13.5. The lowest BCUT2D eigenvalue weighted by molar-refractivity contribution is -0.230. The number of Topliss-reactive ketones (excluding diaryl/α,β-unsaturated/α-hetero) is 1. The lowest BCUT2D eigenvalue weighted by atomic mass is 9.33. The Kier molecular flexibility index (Phi) is 8.19. The minimum Gasteiger partial charge on any atom is -0.468 e. The summed E-state index contributed by atoms with van der Waals surface area (Å²) >= 11 is 0. The van der Waals surface area contributed by atoms with E-state index in [2.05, 4.69) is 48.5 Å². The van der Waals surface area contributed by atoms with Crippen LogP contribution in [0.1, 0.15) is 106 Å². The van der Waals surface area contributed by atoms with Gasteiger partial charge in [0.25, 0.3) is 0 Å². The number of hydrogen-bond donors (Lipinski definition) is 2. The highest BCUT2D eigenvalue weighted by Gasteiger charge is 2.71. The van der Waals surface area contributed by atoms with Gasteiger partial charge in [-0.2, -0.15) is 0 Å². The Morgan fingerprint density at radius 1 is 0.930 bits per heavy atom. The van der Waals surface area contributed by atoms with Gasteiger partial charge in [0.2, 0.25) is 0 Å². The first kappa shape index (κ1) is 32.5. The van der Waals surface area contributed by atoms with Crippen LogP contribution < -0.4 is 0 Å². The molecule has 8 heteroatoms. The zero-order valence-electron chi connectivity index (χ0n) is 27.6. The largest absolute Gasteiger partial charge is 0.508 e. The van der Waals surface area contributed by atoms with E-state index in [0.717, 1.165) is 56.1 Å². The van der Waals surface area contributed by atoms with Gasteiger partial charge in [-0.05, 0) is 102 Å². The zero-order valence-corrected chi connectivity index (χ0v) is 27.6. The molecule has 0 heterocycles. The van der Waals surface area contributed by atoms with Crippen molar-refractivity contribution in [2.24, 2.45) is 50.7 Å². The van der Waals surface area contributed by atoms with Crippen molar-refractivity contribution in [3.05, 3.63) is 11.1 Å². The van der Waals surface area contributed by atoms with E-state index in [1.807, 2.05) is 0 Å².